The second-order valence-electron chi connectivity index (χ2n) is 4.60. The van der Waals surface area contributed by atoms with Crippen LogP contribution in [-0.4, -0.2) is 6.04 Å². The van der Waals surface area contributed by atoms with Crippen molar-refractivity contribution in [1.82, 2.24) is 5.32 Å². The van der Waals surface area contributed by atoms with Crippen molar-refractivity contribution >= 4 is 0 Å². The molecule has 1 N–H and O–H groups in total. The molecule has 0 amide bonds. The molecule has 1 aliphatic carbocycles. The topological polar surface area (TPSA) is 47.5 Å². The largest absolute Gasteiger partial charge is 0.468 e. The van der Waals surface area contributed by atoms with Crippen molar-refractivity contribution in [3.05, 3.63) is 47.8 Å². The Morgan fingerprint density at radius 1 is 1.17 bits per heavy atom. The first-order valence-electron chi connectivity index (χ1n) is 6.30. The average Bonchev–Trinajstić information content (AvgIpc) is 2.89. The molecular weight excluding hydrogens is 230 g/mol. The van der Waals surface area contributed by atoms with Crippen molar-refractivity contribution < 1.29 is 13.6 Å². The third-order valence-corrected chi connectivity index (χ3v) is 3.05. The summed E-state index contributed by atoms with van der Waals surface area (Å²) < 4.78 is 16.3. The van der Waals surface area contributed by atoms with E-state index >= 15 is 0 Å². The first-order chi connectivity index (χ1) is 8.92. The lowest BCUT2D eigenvalue weighted by atomic mass is 10.2. The minimum absolute atomic E-state index is 0.494. The Hall–Kier alpha value is -1.52. The second-order valence-corrected chi connectivity index (χ2v) is 4.60. The number of hydrogen-bond acceptors (Lipinski definition) is 4. The average molecular weight is 247 g/mol. The highest BCUT2D eigenvalue weighted by Crippen LogP contribution is 2.20. The molecule has 4 heteroatoms. The van der Waals surface area contributed by atoms with E-state index in [9.17, 15) is 0 Å². The van der Waals surface area contributed by atoms with Crippen molar-refractivity contribution in [3.8, 4) is 0 Å². The summed E-state index contributed by atoms with van der Waals surface area (Å²) in [5, 5.41) is 3.44. The van der Waals surface area contributed by atoms with Crippen LogP contribution in [0.3, 0.4) is 0 Å². The van der Waals surface area contributed by atoms with Gasteiger partial charge in [-0.25, -0.2) is 0 Å². The quantitative estimate of drug-likeness (QED) is 0.817. The monoisotopic (exact) mass is 247 g/mol. The van der Waals surface area contributed by atoms with Crippen LogP contribution < -0.4 is 5.32 Å². The zero-order valence-electron chi connectivity index (χ0n) is 10.2. The summed E-state index contributed by atoms with van der Waals surface area (Å²) in [4.78, 5) is 0. The van der Waals surface area contributed by atoms with Gasteiger partial charge in [0.05, 0.1) is 25.7 Å². The summed E-state index contributed by atoms with van der Waals surface area (Å²) in [6, 6.07) is 6.42. The molecule has 4 nitrogen and oxygen atoms in total. The fourth-order valence-electron chi connectivity index (χ4n) is 1.83. The molecular formula is C14H17NO3. The van der Waals surface area contributed by atoms with Crippen LogP contribution in [0.4, 0.5) is 0 Å². The molecule has 0 aliphatic heterocycles. The lowest BCUT2D eigenvalue weighted by molar-refractivity contribution is 0.0918. The molecule has 1 aliphatic rings. The lowest BCUT2D eigenvalue weighted by Crippen LogP contribution is -2.15. The molecule has 0 bridgehead atoms. The number of hydrogen-bond donors (Lipinski definition) is 1. The highest BCUT2D eigenvalue weighted by atomic mass is 16.5. The zero-order valence-corrected chi connectivity index (χ0v) is 10.2. The van der Waals surface area contributed by atoms with Gasteiger partial charge in [0.15, 0.2) is 0 Å². The zero-order chi connectivity index (χ0) is 12.2. The summed E-state index contributed by atoms with van der Waals surface area (Å²) in [7, 11) is 0. The van der Waals surface area contributed by atoms with Gasteiger partial charge >= 0.3 is 0 Å². The number of rotatable bonds is 7. The molecule has 1 saturated carbocycles. The minimum atomic E-state index is 0.494. The predicted molar refractivity (Wildman–Crippen MR) is 65.8 cm³/mol. The Balaban J connectivity index is 1.47. The van der Waals surface area contributed by atoms with Crippen LogP contribution in [-0.2, 0) is 24.5 Å². The van der Waals surface area contributed by atoms with Crippen LogP contribution in [0.15, 0.2) is 39.6 Å². The van der Waals surface area contributed by atoms with Crippen molar-refractivity contribution in [2.45, 2.75) is 38.6 Å². The van der Waals surface area contributed by atoms with E-state index < -0.39 is 0 Å². The molecule has 3 rings (SSSR count). The highest BCUT2D eigenvalue weighted by molar-refractivity contribution is 5.16. The van der Waals surface area contributed by atoms with Gasteiger partial charge in [-0.1, -0.05) is 0 Å². The van der Waals surface area contributed by atoms with Gasteiger partial charge in [-0.15, -0.1) is 0 Å². The van der Waals surface area contributed by atoms with E-state index in [0.717, 1.165) is 23.6 Å². The van der Waals surface area contributed by atoms with E-state index in [1.54, 1.807) is 12.5 Å². The molecule has 0 saturated heterocycles. The van der Waals surface area contributed by atoms with Gasteiger partial charge in [0.2, 0.25) is 0 Å². The Kier molecular flexibility index (Phi) is 3.48. The van der Waals surface area contributed by atoms with Crippen LogP contribution in [0.5, 0.6) is 0 Å². The van der Waals surface area contributed by atoms with E-state index in [1.165, 1.54) is 12.8 Å². The molecule has 96 valence electrons. The Morgan fingerprint density at radius 2 is 2.11 bits per heavy atom. The van der Waals surface area contributed by atoms with Crippen LogP contribution >= 0.6 is 0 Å². The third-order valence-electron chi connectivity index (χ3n) is 3.05. The minimum Gasteiger partial charge on any atom is -0.468 e. The molecule has 0 spiro atoms. The third kappa shape index (κ3) is 3.03. The fourth-order valence-corrected chi connectivity index (χ4v) is 1.83. The molecule has 0 radical (unpaired) electrons. The van der Waals surface area contributed by atoms with Gasteiger partial charge in [-0.3, -0.25) is 0 Å². The van der Waals surface area contributed by atoms with Gasteiger partial charge in [-0.05, 0) is 31.0 Å². The van der Waals surface area contributed by atoms with Crippen molar-refractivity contribution in [3.63, 3.8) is 0 Å². The first kappa shape index (κ1) is 11.6. The standard InChI is InChI=1S/C14H17NO3/c1-2-13(17-6-1)10-16-9-11-5-7-18-14(11)8-15-12-3-4-12/h1-2,5-7,12,15H,3-4,8-10H2. The smallest absolute Gasteiger partial charge is 0.129 e. The van der Waals surface area contributed by atoms with Gasteiger partial charge < -0.3 is 18.9 Å². The normalized spacial score (nSPS) is 15.1. The summed E-state index contributed by atoms with van der Waals surface area (Å²) in [6.45, 7) is 1.84. The van der Waals surface area contributed by atoms with Crippen LogP contribution in [0.2, 0.25) is 0 Å². The van der Waals surface area contributed by atoms with Gasteiger partial charge in [0.25, 0.3) is 0 Å². The molecule has 2 aromatic rings. The van der Waals surface area contributed by atoms with Crippen LogP contribution in [0.1, 0.15) is 29.9 Å². The molecule has 0 aromatic carbocycles. The Morgan fingerprint density at radius 3 is 2.89 bits per heavy atom. The van der Waals surface area contributed by atoms with E-state index in [-0.39, 0.29) is 0 Å². The van der Waals surface area contributed by atoms with Gasteiger partial charge in [0.1, 0.15) is 18.1 Å². The maximum Gasteiger partial charge on any atom is 0.129 e. The molecule has 0 atom stereocenters. The Bertz CT molecular complexity index is 471. The number of furan rings is 2. The lowest BCUT2D eigenvalue weighted by Gasteiger charge is -2.04. The van der Waals surface area contributed by atoms with Gasteiger partial charge in [0, 0.05) is 11.6 Å². The molecule has 18 heavy (non-hydrogen) atoms. The van der Waals surface area contributed by atoms with Crippen LogP contribution in [0, 0.1) is 0 Å². The highest BCUT2D eigenvalue weighted by Gasteiger charge is 2.21. The summed E-state index contributed by atoms with van der Waals surface area (Å²) >= 11 is 0. The number of nitrogens with one attached hydrogen (secondary N) is 1. The van der Waals surface area contributed by atoms with E-state index in [0.29, 0.717) is 19.3 Å². The van der Waals surface area contributed by atoms with E-state index in [2.05, 4.69) is 5.32 Å². The Labute approximate surface area is 106 Å². The van der Waals surface area contributed by atoms with Gasteiger partial charge in [-0.2, -0.15) is 0 Å². The van der Waals surface area contributed by atoms with Crippen LogP contribution in [0.25, 0.3) is 0 Å². The molecule has 2 aromatic heterocycles. The van der Waals surface area contributed by atoms with Crippen molar-refractivity contribution in [2.75, 3.05) is 0 Å². The summed E-state index contributed by atoms with van der Waals surface area (Å²) in [6.07, 6.45) is 5.94. The molecule has 1 fully saturated rings. The summed E-state index contributed by atoms with van der Waals surface area (Å²) in [5.41, 5.74) is 1.11. The first-order valence-corrected chi connectivity index (χ1v) is 6.30. The van der Waals surface area contributed by atoms with E-state index in [4.69, 9.17) is 13.6 Å². The van der Waals surface area contributed by atoms with E-state index in [1.807, 2.05) is 18.2 Å². The van der Waals surface area contributed by atoms with Crippen molar-refractivity contribution in [2.24, 2.45) is 0 Å². The summed E-state index contributed by atoms with van der Waals surface area (Å²) in [5.74, 6) is 1.82. The SMILES string of the molecule is c1coc(COCc2ccoc2CNC2CC2)c1. The number of ether oxygens (including phenoxy) is 1. The molecule has 2 heterocycles. The maximum absolute atomic E-state index is 5.60. The predicted octanol–water partition coefficient (Wildman–Crippen LogP) is 2.84. The molecule has 0 unspecified atom stereocenters. The second kappa shape index (κ2) is 5.42. The fraction of sp³-hybridized carbons (Fsp3) is 0.429. The maximum atomic E-state index is 5.60. The van der Waals surface area contributed by atoms with Crippen molar-refractivity contribution in [1.29, 1.82) is 0 Å².